The van der Waals surface area contributed by atoms with Crippen LogP contribution in [-0.2, 0) is 0 Å². The number of halogens is 1. The number of aryl methyl sites for hydroxylation is 1. The Kier molecular flexibility index (Phi) is 3.87. The lowest BCUT2D eigenvalue weighted by Crippen LogP contribution is -2.05. The zero-order valence-corrected chi connectivity index (χ0v) is 11.8. The molecule has 0 amide bonds. The lowest BCUT2D eigenvalue weighted by atomic mass is 10.1. The SMILES string of the molecule is CCOc1ccc(Br)cc1C(=O)c1occc1C. The van der Waals surface area contributed by atoms with Gasteiger partial charge in [0.2, 0.25) is 5.78 Å². The Hall–Kier alpha value is -1.55. The van der Waals surface area contributed by atoms with E-state index in [9.17, 15) is 4.79 Å². The number of rotatable bonds is 4. The molecule has 0 spiro atoms. The van der Waals surface area contributed by atoms with Crippen molar-refractivity contribution in [3.8, 4) is 5.75 Å². The largest absolute Gasteiger partial charge is 0.493 e. The van der Waals surface area contributed by atoms with Gasteiger partial charge in [-0.05, 0) is 43.7 Å². The van der Waals surface area contributed by atoms with E-state index in [1.807, 2.05) is 19.9 Å². The van der Waals surface area contributed by atoms with Gasteiger partial charge in [0, 0.05) is 4.47 Å². The van der Waals surface area contributed by atoms with Gasteiger partial charge in [0.15, 0.2) is 5.76 Å². The predicted octanol–water partition coefficient (Wildman–Crippen LogP) is 3.98. The Labute approximate surface area is 114 Å². The zero-order valence-electron chi connectivity index (χ0n) is 10.2. The van der Waals surface area contributed by atoms with E-state index >= 15 is 0 Å². The van der Waals surface area contributed by atoms with Crippen molar-refractivity contribution in [1.82, 2.24) is 0 Å². The Bertz CT molecular complexity index is 572. The molecule has 3 nitrogen and oxygen atoms in total. The Balaban J connectivity index is 2.46. The number of hydrogen-bond donors (Lipinski definition) is 0. The van der Waals surface area contributed by atoms with Gasteiger partial charge in [-0.2, -0.15) is 0 Å². The number of benzene rings is 1. The number of ether oxygens (including phenoxy) is 1. The summed E-state index contributed by atoms with van der Waals surface area (Å²) in [6.45, 7) is 4.24. The lowest BCUT2D eigenvalue weighted by Gasteiger charge is -2.09. The van der Waals surface area contributed by atoms with Crippen molar-refractivity contribution in [3.05, 3.63) is 51.9 Å². The summed E-state index contributed by atoms with van der Waals surface area (Å²) in [5.41, 5.74) is 1.33. The summed E-state index contributed by atoms with van der Waals surface area (Å²) in [5, 5.41) is 0. The topological polar surface area (TPSA) is 39.4 Å². The number of carbonyl (C=O) groups is 1. The first-order valence-electron chi connectivity index (χ1n) is 5.64. The molecule has 0 aliphatic heterocycles. The quantitative estimate of drug-likeness (QED) is 0.802. The number of carbonyl (C=O) groups excluding carboxylic acids is 1. The minimum atomic E-state index is -0.165. The van der Waals surface area contributed by atoms with Crippen LogP contribution in [0, 0.1) is 6.92 Å². The second-order valence-corrected chi connectivity index (χ2v) is 4.75. The highest BCUT2D eigenvalue weighted by molar-refractivity contribution is 9.10. The highest BCUT2D eigenvalue weighted by Gasteiger charge is 2.19. The van der Waals surface area contributed by atoms with E-state index in [-0.39, 0.29) is 5.78 Å². The molecule has 0 N–H and O–H groups in total. The van der Waals surface area contributed by atoms with Crippen molar-refractivity contribution in [1.29, 1.82) is 0 Å². The molecule has 4 heteroatoms. The van der Waals surface area contributed by atoms with E-state index in [2.05, 4.69) is 15.9 Å². The molecular weight excluding hydrogens is 296 g/mol. The molecule has 0 aliphatic carbocycles. The summed E-state index contributed by atoms with van der Waals surface area (Å²) >= 11 is 3.36. The highest BCUT2D eigenvalue weighted by atomic mass is 79.9. The van der Waals surface area contributed by atoms with Gasteiger partial charge in [-0.3, -0.25) is 4.79 Å². The fourth-order valence-corrected chi connectivity index (χ4v) is 2.05. The van der Waals surface area contributed by atoms with Crippen LogP contribution in [0.5, 0.6) is 5.75 Å². The average Bonchev–Trinajstić information content (AvgIpc) is 2.77. The molecule has 1 aromatic carbocycles. The molecule has 0 aliphatic rings. The molecule has 0 bridgehead atoms. The summed E-state index contributed by atoms with van der Waals surface area (Å²) in [6.07, 6.45) is 1.51. The Morgan fingerprint density at radius 2 is 2.17 bits per heavy atom. The van der Waals surface area contributed by atoms with Crippen molar-refractivity contribution >= 4 is 21.7 Å². The maximum atomic E-state index is 12.4. The van der Waals surface area contributed by atoms with E-state index < -0.39 is 0 Å². The monoisotopic (exact) mass is 308 g/mol. The Morgan fingerprint density at radius 1 is 1.39 bits per heavy atom. The van der Waals surface area contributed by atoms with Crippen molar-refractivity contribution in [2.24, 2.45) is 0 Å². The van der Waals surface area contributed by atoms with Crippen LogP contribution in [0.1, 0.15) is 28.6 Å². The van der Waals surface area contributed by atoms with Crippen molar-refractivity contribution < 1.29 is 13.9 Å². The first kappa shape index (κ1) is 12.9. The second kappa shape index (κ2) is 5.40. The molecular formula is C14H13BrO3. The lowest BCUT2D eigenvalue weighted by molar-refractivity contribution is 0.100. The molecule has 0 radical (unpaired) electrons. The van der Waals surface area contributed by atoms with Gasteiger partial charge in [0.25, 0.3) is 0 Å². The molecule has 18 heavy (non-hydrogen) atoms. The standard InChI is InChI=1S/C14H13BrO3/c1-3-17-12-5-4-10(15)8-11(12)13(16)14-9(2)6-7-18-14/h4-8H,3H2,1-2H3. The molecule has 0 unspecified atom stereocenters. The van der Waals surface area contributed by atoms with E-state index in [0.717, 1.165) is 10.0 Å². The minimum Gasteiger partial charge on any atom is -0.493 e. The van der Waals surface area contributed by atoms with Crippen LogP contribution in [0.15, 0.2) is 39.4 Å². The molecule has 2 rings (SSSR count). The summed E-state index contributed by atoms with van der Waals surface area (Å²) in [7, 11) is 0. The van der Waals surface area contributed by atoms with E-state index in [1.165, 1.54) is 6.26 Å². The fraction of sp³-hybridized carbons (Fsp3) is 0.214. The molecule has 0 saturated heterocycles. The summed E-state index contributed by atoms with van der Waals surface area (Å²) in [4.78, 5) is 12.4. The molecule has 0 atom stereocenters. The van der Waals surface area contributed by atoms with Gasteiger partial charge in [-0.1, -0.05) is 15.9 Å². The predicted molar refractivity (Wildman–Crippen MR) is 72.2 cm³/mol. The van der Waals surface area contributed by atoms with Crippen molar-refractivity contribution in [2.75, 3.05) is 6.61 Å². The van der Waals surface area contributed by atoms with Crippen molar-refractivity contribution in [3.63, 3.8) is 0 Å². The molecule has 2 aromatic rings. The van der Waals surface area contributed by atoms with E-state index in [4.69, 9.17) is 9.15 Å². The van der Waals surface area contributed by atoms with Gasteiger partial charge in [0.05, 0.1) is 18.4 Å². The van der Waals surface area contributed by atoms with Crippen LogP contribution in [0.4, 0.5) is 0 Å². The van der Waals surface area contributed by atoms with Gasteiger partial charge in [0.1, 0.15) is 5.75 Å². The van der Waals surface area contributed by atoms with Crippen molar-refractivity contribution in [2.45, 2.75) is 13.8 Å². The highest BCUT2D eigenvalue weighted by Crippen LogP contribution is 2.27. The molecule has 0 fully saturated rings. The van der Waals surface area contributed by atoms with Crippen LogP contribution >= 0.6 is 15.9 Å². The van der Waals surface area contributed by atoms with Gasteiger partial charge in [-0.25, -0.2) is 0 Å². The summed E-state index contributed by atoms with van der Waals surface area (Å²) in [5.74, 6) is 0.762. The molecule has 94 valence electrons. The summed E-state index contributed by atoms with van der Waals surface area (Å²) < 4.78 is 11.5. The third-order valence-electron chi connectivity index (χ3n) is 2.55. The zero-order chi connectivity index (χ0) is 13.1. The first-order valence-corrected chi connectivity index (χ1v) is 6.44. The molecule has 1 aromatic heterocycles. The minimum absolute atomic E-state index is 0.165. The van der Waals surface area contributed by atoms with Crippen LogP contribution in [0.3, 0.4) is 0 Å². The molecule has 1 heterocycles. The van der Waals surface area contributed by atoms with Crippen LogP contribution in [-0.4, -0.2) is 12.4 Å². The van der Waals surface area contributed by atoms with E-state index in [0.29, 0.717) is 23.7 Å². The maximum Gasteiger partial charge on any atom is 0.232 e. The van der Waals surface area contributed by atoms with Gasteiger partial charge < -0.3 is 9.15 Å². The Morgan fingerprint density at radius 3 is 2.78 bits per heavy atom. The fourth-order valence-electron chi connectivity index (χ4n) is 1.69. The molecule has 0 saturated carbocycles. The van der Waals surface area contributed by atoms with Crippen LogP contribution in [0.25, 0.3) is 0 Å². The smallest absolute Gasteiger partial charge is 0.232 e. The van der Waals surface area contributed by atoms with Crippen LogP contribution in [0.2, 0.25) is 0 Å². The third-order valence-corrected chi connectivity index (χ3v) is 3.05. The van der Waals surface area contributed by atoms with Crippen LogP contribution < -0.4 is 4.74 Å². The third kappa shape index (κ3) is 2.48. The maximum absolute atomic E-state index is 12.4. The second-order valence-electron chi connectivity index (χ2n) is 3.84. The van der Waals surface area contributed by atoms with E-state index in [1.54, 1.807) is 18.2 Å². The van der Waals surface area contributed by atoms with Gasteiger partial charge in [-0.15, -0.1) is 0 Å². The summed E-state index contributed by atoms with van der Waals surface area (Å²) in [6, 6.07) is 7.14. The number of ketones is 1. The van der Waals surface area contributed by atoms with Gasteiger partial charge >= 0.3 is 0 Å². The first-order chi connectivity index (χ1) is 8.63. The number of hydrogen-bond acceptors (Lipinski definition) is 3. The number of furan rings is 1. The normalized spacial score (nSPS) is 10.4. The average molecular weight is 309 g/mol.